The summed E-state index contributed by atoms with van der Waals surface area (Å²) in [5.41, 5.74) is 5.51. The molecule has 0 aromatic carbocycles. The fourth-order valence-electron chi connectivity index (χ4n) is 1.60. The number of ether oxygens (including phenoxy) is 2. The maximum Gasteiger partial charge on any atom is 0.0847 e. The first-order valence-electron chi connectivity index (χ1n) is 5.28. The third-order valence-corrected chi connectivity index (χ3v) is 2.72. The molecule has 1 saturated heterocycles. The zero-order chi connectivity index (χ0) is 10.4. The topological polar surface area (TPSA) is 64.7 Å². The van der Waals surface area contributed by atoms with Gasteiger partial charge in [-0.15, -0.1) is 0 Å². The number of rotatable bonds is 5. The molecule has 4 nitrogen and oxygen atoms in total. The highest BCUT2D eigenvalue weighted by Gasteiger charge is 2.31. The number of hydrogen-bond acceptors (Lipinski definition) is 4. The lowest BCUT2D eigenvalue weighted by atomic mass is 9.94. The summed E-state index contributed by atoms with van der Waals surface area (Å²) >= 11 is 0. The van der Waals surface area contributed by atoms with Gasteiger partial charge in [0.25, 0.3) is 0 Å². The molecular weight excluding hydrogens is 182 g/mol. The molecule has 0 radical (unpaired) electrons. The molecule has 1 atom stereocenters. The predicted molar refractivity (Wildman–Crippen MR) is 54.1 cm³/mol. The van der Waals surface area contributed by atoms with Crippen LogP contribution >= 0.6 is 0 Å². The van der Waals surface area contributed by atoms with Crippen LogP contribution in [0.3, 0.4) is 0 Å². The van der Waals surface area contributed by atoms with Gasteiger partial charge in [-0.25, -0.2) is 0 Å². The second-order valence-electron chi connectivity index (χ2n) is 3.99. The zero-order valence-electron chi connectivity index (χ0n) is 8.87. The molecule has 14 heavy (non-hydrogen) atoms. The Morgan fingerprint density at radius 3 is 2.64 bits per heavy atom. The molecule has 1 unspecified atom stereocenters. The Hall–Kier alpha value is -0.160. The van der Waals surface area contributed by atoms with Crippen molar-refractivity contribution in [2.75, 3.05) is 26.4 Å². The van der Waals surface area contributed by atoms with Crippen molar-refractivity contribution in [2.45, 2.75) is 37.9 Å². The lowest BCUT2D eigenvalue weighted by molar-refractivity contribution is -0.109. The quantitative estimate of drug-likeness (QED) is 0.673. The van der Waals surface area contributed by atoms with Crippen molar-refractivity contribution < 1.29 is 14.6 Å². The molecule has 1 fully saturated rings. The smallest absolute Gasteiger partial charge is 0.0847 e. The minimum absolute atomic E-state index is 0.201. The van der Waals surface area contributed by atoms with Crippen molar-refractivity contribution in [1.29, 1.82) is 0 Å². The Morgan fingerprint density at radius 2 is 2.14 bits per heavy atom. The lowest BCUT2D eigenvalue weighted by Crippen LogP contribution is -2.46. The van der Waals surface area contributed by atoms with Crippen molar-refractivity contribution in [3.8, 4) is 0 Å². The molecule has 0 spiro atoms. The van der Waals surface area contributed by atoms with Gasteiger partial charge in [-0.2, -0.15) is 0 Å². The van der Waals surface area contributed by atoms with Crippen LogP contribution in [0.1, 0.15) is 26.2 Å². The molecule has 0 saturated carbocycles. The van der Waals surface area contributed by atoms with Crippen LogP contribution in [0.5, 0.6) is 0 Å². The van der Waals surface area contributed by atoms with Crippen LogP contribution in [-0.2, 0) is 9.47 Å². The fraction of sp³-hybridized carbons (Fsp3) is 1.00. The summed E-state index contributed by atoms with van der Waals surface area (Å²) in [6.07, 6.45) is 2.10. The molecule has 1 rings (SSSR count). The van der Waals surface area contributed by atoms with Crippen molar-refractivity contribution in [3.63, 3.8) is 0 Å². The minimum atomic E-state index is -0.301. The monoisotopic (exact) mass is 203 g/mol. The number of aliphatic hydroxyl groups is 1. The summed E-state index contributed by atoms with van der Waals surface area (Å²) in [6.45, 7) is 4.34. The largest absolute Gasteiger partial charge is 0.393 e. The maximum absolute atomic E-state index is 9.10. The molecular formula is C10H21NO3. The second kappa shape index (κ2) is 5.66. The Kier molecular flexibility index (Phi) is 4.81. The lowest BCUT2D eigenvalue weighted by Gasteiger charge is -2.36. The molecule has 1 heterocycles. The van der Waals surface area contributed by atoms with E-state index in [0.717, 1.165) is 26.1 Å². The summed E-state index contributed by atoms with van der Waals surface area (Å²) in [6, 6.07) is 0. The first-order valence-corrected chi connectivity index (χ1v) is 5.28. The van der Waals surface area contributed by atoms with Crippen LogP contribution in [-0.4, -0.2) is 43.2 Å². The van der Waals surface area contributed by atoms with E-state index in [9.17, 15) is 0 Å². The van der Waals surface area contributed by atoms with E-state index >= 15 is 0 Å². The van der Waals surface area contributed by atoms with Crippen molar-refractivity contribution in [2.24, 2.45) is 5.73 Å². The van der Waals surface area contributed by atoms with Crippen LogP contribution in [0.15, 0.2) is 0 Å². The predicted octanol–water partition coefficient (Wildman–Crippen LogP) is 0.282. The molecule has 0 aliphatic carbocycles. The van der Waals surface area contributed by atoms with Gasteiger partial charge >= 0.3 is 0 Å². The van der Waals surface area contributed by atoms with Crippen LogP contribution < -0.4 is 5.73 Å². The van der Waals surface area contributed by atoms with Crippen molar-refractivity contribution in [3.05, 3.63) is 0 Å². The number of hydrogen-bond donors (Lipinski definition) is 2. The van der Waals surface area contributed by atoms with Gasteiger partial charge in [0, 0.05) is 39.2 Å². The first kappa shape index (κ1) is 11.9. The summed E-state index contributed by atoms with van der Waals surface area (Å²) in [5.74, 6) is 0. The van der Waals surface area contributed by atoms with E-state index in [1.165, 1.54) is 0 Å². The SMILES string of the molecule is CC(O)CCOC1(CN)CCOCC1. The summed E-state index contributed by atoms with van der Waals surface area (Å²) in [7, 11) is 0. The number of nitrogens with two attached hydrogens (primary N) is 1. The highest BCUT2D eigenvalue weighted by molar-refractivity contribution is 4.84. The first-order chi connectivity index (χ1) is 6.68. The van der Waals surface area contributed by atoms with E-state index in [2.05, 4.69) is 0 Å². The minimum Gasteiger partial charge on any atom is -0.393 e. The zero-order valence-corrected chi connectivity index (χ0v) is 8.87. The van der Waals surface area contributed by atoms with Gasteiger partial charge in [0.05, 0.1) is 11.7 Å². The van der Waals surface area contributed by atoms with Crippen LogP contribution in [0.4, 0.5) is 0 Å². The third-order valence-electron chi connectivity index (χ3n) is 2.72. The van der Waals surface area contributed by atoms with E-state index < -0.39 is 0 Å². The average molecular weight is 203 g/mol. The highest BCUT2D eigenvalue weighted by Crippen LogP contribution is 2.24. The molecule has 0 aromatic rings. The molecule has 0 bridgehead atoms. The van der Waals surface area contributed by atoms with E-state index in [1.54, 1.807) is 6.92 Å². The summed E-state index contributed by atoms with van der Waals surface area (Å²) in [5, 5.41) is 9.10. The molecule has 1 aliphatic heterocycles. The standard InChI is InChI=1S/C10H21NO3/c1-9(12)2-5-14-10(8-11)3-6-13-7-4-10/h9,12H,2-8,11H2,1H3. The maximum atomic E-state index is 9.10. The molecule has 3 N–H and O–H groups in total. The average Bonchev–Trinajstić information content (AvgIpc) is 2.19. The van der Waals surface area contributed by atoms with E-state index in [-0.39, 0.29) is 11.7 Å². The normalized spacial score (nSPS) is 23.4. The second-order valence-corrected chi connectivity index (χ2v) is 3.99. The van der Waals surface area contributed by atoms with Gasteiger partial charge in [0.1, 0.15) is 0 Å². The van der Waals surface area contributed by atoms with Gasteiger partial charge in [-0.05, 0) is 13.3 Å². The Morgan fingerprint density at radius 1 is 1.50 bits per heavy atom. The van der Waals surface area contributed by atoms with E-state index in [4.69, 9.17) is 20.3 Å². The Balaban J connectivity index is 2.29. The van der Waals surface area contributed by atoms with Crippen molar-refractivity contribution >= 4 is 0 Å². The van der Waals surface area contributed by atoms with E-state index in [0.29, 0.717) is 19.6 Å². The van der Waals surface area contributed by atoms with Crippen LogP contribution in [0, 0.1) is 0 Å². The number of aliphatic hydroxyl groups excluding tert-OH is 1. The molecule has 84 valence electrons. The van der Waals surface area contributed by atoms with Gasteiger partial charge in [-0.1, -0.05) is 0 Å². The van der Waals surface area contributed by atoms with Gasteiger partial charge in [0.2, 0.25) is 0 Å². The summed E-state index contributed by atoms with van der Waals surface area (Å²) < 4.78 is 11.0. The Labute approximate surface area is 85.4 Å². The molecule has 1 aliphatic rings. The molecule has 0 amide bonds. The van der Waals surface area contributed by atoms with Gasteiger partial charge in [0.15, 0.2) is 0 Å². The van der Waals surface area contributed by atoms with Gasteiger partial charge < -0.3 is 20.3 Å². The molecule has 4 heteroatoms. The Bertz CT molecular complexity index is 155. The molecule has 0 aromatic heterocycles. The summed E-state index contributed by atoms with van der Waals surface area (Å²) in [4.78, 5) is 0. The fourth-order valence-corrected chi connectivity index (χ4v) is 1.60. The highest BCUT2D eigenvalue weighted by atomic mass is 16.5. The van der Waals surface area contributed by atoms with Crippen LogP contribution in [0.2, 0.25) is 0 Å². The van der Waals surface area contributed by atoms with E-state index in [1.807, 2.05) is 0 Å². The van der Waals surface area contributed by atoms with Crippen LogP contribution in [0.25, 0.3) is 0 Å². The third kappa shape index (κ3) is 3.53. The van der Waals surface area contributed by atoms with Crippen molar-refractivity contribution in [1.82, 2.24) is 0 Å². The van der Waals surface area contributed by atoms with Gasteiger partial charge in [-0.3, -0.25) is 0 Å².